The zero-order chi connectivity index (χ0) is 14.0. The van der Waals surface area contributed by atoms with Crippen LogP contribution in [0.3, 0.4) is 0 Å². The molecule has 6 nitrogen and oxygen atoms in total. The van der Waals surface area contributed by atoms with Gasteiger partial charge in [-0.3, -0.25) is 14.9 Å². The number of amides is 2. The molecule has 0 saturated carbocycles. The molecule has 2 amide bonds. The summed E-state index contributed by atoms with van der Waals surface area (Å²) in [7, 11) is 2.98. The average molecular weight is 285 g/mol. The number of anilines is 1. The second-order valence-corrected chi connectivity index (χ2v) is 4.41. The molecule has 1 saturated heterocycles. The maximum atomic E-state index is 11.5. The van der Waals surface area contributed by atoms with Crippen molar-refractivity contribution in [2.75, 3.05) is 19.5 Å². The third kappa shape index (κ3) is 2.73. The molecule has 1 aromatic rings. The number of hydrogen-bond donors (Lipinski definition) is 2. The fraction of sp³-hybridized carbons (Fsp3) is 0.333. The summed E-state index contributed by atoms with van der Waals surface area (Å²) >= 11 is 5.98. The minimum absolute atomic E-state index is 0.0902. The first kappa shape index (κ1) is 13.5. The van der Waals surface area contributed by atoms with E-state index in [2.05, 4.69) is 10.6 Å². The van der Waals surface area contributed by atoms with Gasteiger partial charge in [0.15, 0.2) is 0 Å². The van der Waals surface area contributed by atoms with Crippen molar-refractivity contribution in [2.45, 2.75) is 12.5 Å². The van der Waals surface area contributed by atoms with Crippen molar-refractivity contribution in [1.29, 1.82) is 0 Å². The highest BCUT2D eigenvalue weighted by Crippen LogP contribution is 2.36. The van der Waals surface area contributed by atoms with Gasteiger partial charge in [0.1, 0.15) is 17.5 Å². The fourth-order valence-electron chi connectivity index (χ4n) is 1.83. The molecule has 0 aromatic heterocycles. The third-order valence-corrected chi connectivity index (χ3v) is 3.07. The number of nitrogens with one attached hydrogen (secondary N) is 2. The highest BCUT2D eigenvalue weighted by Gasteiger charge is 2.31. The second-order valence-electron chi connectivity index (χ2n) is 4.00. The first-order valence-corrected chi connectivity index (χ1v) is 5.94. The lowest BCUT2D eigenvalue weighted by atomic mass is 10.2. The minimum atomic E-state index is -0.618. The zero-order valence-corrected chi connectivity index (χ0v) is 11.2. The van der Waals surface area contributed by atoms with Crippen molar-refractivity contribution in [1.82, 2.24) is 5.32 Å². The monoisotopic (exact) mass is 284 g/mol. The van der Waals surface area contributed by atoms with Gasteiger partial charge in [-0.05, 0) is 0 Å². The van der Waals surface area contributed by atoms with E-state index in [0.29, 0.717) is 22.2 Å². The van der Waals surface area contributed by atoms with E-state index in [0.717, 1.165) is 0 Å². The van der Waals surface area contributed by atoms with Crippen molar-refractivity contribution >= 4 is 29.1 Å². The van der Waals surface area contributed by atoms with Gasteiger partial charge < -0.3 is 14.8 Å². The molecule has 0 bridgehead atoms. The predicted octanol–water partition coefficient (Wildman–Crippen LogP) is 1.18. The van der Waals surface area contributed by atoms with E-state index in [9.17, 15) is 9.59 Å². The summed E-state index contributed by atoms with van der Waals surface area (Å²) in [5.74, 6) is 0.260. The molecular weight excluding hydrogens is 272 g/mol. The smallest absolute Gasteiger partial charge is 0.249 e. The Bertz CT molecular complexity index is 533. The normalized spacial score (nSPS) is 18.2. The fourth-order valence-corrected chi connectivity index (χ4v) is 2.06. The molecular formula is C12H13ClN2O4. The van der Waals surface area contributed by atoms with Crippen molar-refractivity contribution in [2.24, 2.45) is 0 Å². The standard InChI is InChI=1S/C12H13ClN2O4/c1-18-9-4-7(10(19-2)3-6(9)13)14-8-5-11(16)15-12(8)17/h3-4,8,14H,5H2,1-2H3,(H,15,16,17). The van der Waals surface area contributed by atoms with Crippen LogP contribution in [0.5, 0.6) is 11.5 Å². The zero-order valence-electron chi connectivity index (χ0n) is 10.5. The molecule has 0 spiro atoms. The molecule has 1 aliphatic heterocycles. The summed E-state index contributed by atoms with van der Waals surface area (Å²) in [4.78, 5) is 22.7. The van der Waals surface area contributed by atoms with Gasteiger partial charge in [0.05, 0.1) is 31.4 Å². The first-order chi connectivity index (χ1) is 9.05. The molecule has 19 heavy (non-hydrogen) atoms. The lowest BCUT2D eigenvalue weighted by molar-refractivity contribution is -0.124. The van der Waals surface area contributed by atoms with Crippen LogP contribution in [-0.2, 0) is 9.59 Å². The van der Waals surface area contributed by atoms with Gasteiger partial charge in [-0.2, -0.15) is 0 Å². The summed E-state index contributed by atoms with van der Waals surface area (Å²) in [6.45, 7) is 0. The highest BCUT2D eigenvalue weighted by atomic mass is 35.5. The number of methoxy groups -OCH3 is 2. The molecule has 2 N–H and O–H groups in total. The van der Waals surface area contributed by atoms with Gasteiger partial charge in [-0.25, -0.2) is 0 Å². The van der Waals surface area contributed by atoms with Crippen LogP contribution in [0.2, 0.25) is 5.02 Å². The molecule has 2 rings (SSSR count). The number of hydrogen-bond acceptors (Lipinski definition) is 5. The largest absolute Gasteiger partial charge is 0.495 e. The number of carbonyl (C=O) groups excluding carboxylic acids is 2. The van der Waals surface area contributed by atoms with Crippen LogP contribution in [0, 0.1) is 0 Å². The second kappa shape index (κ2) is 5.36. The number of ether oxygens (including phenoxy) is 2. The van der Waals surface area contributed by atoms with E-state index >= 15 is 0 Å². The summed E-state index contributed by atoms with van der Waals surface area (Å²) in [6, 6.07) is 2.58. The van der Waals surface area contributed by atoms with Crippen LogP contribution in [-0.4, -0.2) is 32.1 Å². The lowest BCUT2D eigenvalue weighted by Gasteiger charge is -2.16. The predicted molar refractivity (Wildman–Crippen MR) is 69.7 cm³/mol. The molecule has 102 valence electrons. The summed E-state index contributed by atoms with van der Waals surface area (Å²) in [6.07, 6.45) is 0.0902. The van der Waals surface area contributed by atoms with Crippen LogP contribution in [0.1, 0.15) is 6.42 Å². The van der Waals surface area contributed by atoms with E-state index in [1.54, 1.807) is 12.1 Å². The van der Waals surface area contributed by atoms with Crippen molar-refractivity contribution < 1.29 is 19.1 Å². The Morgan fingerprint density at radius 3 is 2.47 bits per heavy atom. The Hall–Kier alpha value is -1.95. The Kier molecular flexibility index (Phi) is 3.80. The Morgan fingerprint density at radius 2 is 1.95 bits per heavy atom. The Morgan fingerprint density at radius 1 is 1.26 bits per heavy atom. The van der Waals surface area contributed by atoms with Gasteiger partial charge in [-0.15, -0.1) is 0 Å². The molecule has 1 fully saturated rings. The summed E-state index contributed by atoms with van der Waals surface area (Å²) in [5, 5.41) is 5.57. The van der Waals surface area contributed by atoms with Gasteiger partial charge in [0, 0.05) is 12.1 Å². The molecule has 1 aromatic carbocycles. The Labute approximate surface area is 115 Å². The van der Waals surface area contributed by atoms with Crippen LogP contribution >= 0.6 is 11.6 Å². The maximum Gasteiger partial charge on any atom is 0.249 e. The number of benzene rings is 1. The van der Waals surface area contributed by atoms with E-state index in [-0.39, 0.29) is 18.2 Å². The first-order valence-electron chi connectivity index (χ1n) is 5.57. The minimum Gasteiger partial charge on any atom is -0.495 e. The molecule has 0 aliphatic carbocycles. The van der Waals surface area contributed by atoms with Gasteiger partial charge in [-0.1, -0.05) is 11.6 Å². The quantitative estimate of drug-likeness (QED) is 0.812. The Balaban J connectivity index is 2.28. The van der Waals surface area contributed by atoms with Gasteiger partial charge in [0.2, 0.25) is 11.8 Å². The van der Waals surface area contributed by atoms with Crippen LogP contribution < -0.4 is 20.1 Å². The SMILES string of the molecule is COc1cc(NC2CC(=O)NC2=O)c(OC)cc1Cl. The van der Waals surface area contributed by atoms with Crippen molar-refractivity contribution in [3.8, 4) is 11.5 Å². The molecule has 1 aliphatic rings. The molecule has 1 unspecified atom stereocenters. The van der Waals surface area contributed by atoms with Crippen molar-refractivity contribution in [3.63, 3.8) is 0 Å². The number of imide groups is 1. The average Bonchev–Trinajstić information content (AvgIpc) is 2.69. The van der Waals surface area contributed by atoms with E-state index < -0.39 is 6.04 Å². The van der Waals surface area contributed by atoms with Crippen LogP contribution in [0.4, 0.5) is 5.69 Å². The number of carbonyl (C=O) groups is 2. The molecule has 0 radical (unpaired) electrons. The van der Waals surface area contributed by atoms with E-state index in [1.807, 2.05) is 0 Å². The van der Waals surface area contributed by atoms with Gasteiger partial charge >= 0.3 is 0 Å². The highest BCUT2D eigenvalue weighted by molar-refractivity contribution is 6.32. The van der Waals surface area contributed by atoms with Crippen LogP contribution in [0.25, 0.3) is 0 Å². The lowest BCUT2D eigenvalue weighted by Crippen LogP contribution is -2.30. The van der Waals surface area contributed by atoms with Gasteiger partial charge in [0.25, 0.3) is 0 Å². The summed E-state index contributed by atoms with van der Waals surface area (Å²) in [5.41, 5.74) is 0.540. The topological polar surface area (TPSA) is 76.7 Å². The number of halogens is 1. The van der Waals surface area contributed by atoms with Crippen LogP contribution in [0.15, 0.2) is 12.1 Å². The molecule has 1 atom stereocenters. The van der Waals surface area contributed by atoms with E-state index in [4.69, 9.17) is 21.1 Å². The van der Waals surface area contributed by atoms with E-state index in [1.165, 1.54) is 14.2 Å². The molecule has 1 heterocycles. The van der Waals surface area contributed by atoms with Crippen molar-refractivity contribution in [3.05, 3.63) is 17.2 Å². The third-order valence-electron chi connectivity index (χ3n) is 2.77. The molecule has 7 heteroatoms. The number of rotatable bonds is 4. The maximum absolute atomic E-state index is 11.5. The summed E-state index contributed by atoms with van der Waals surface area (Å²) < 4.78 is 10.3.